The lowest BCUT2D eigenvalue weighted by atomic mass is 9.57. The van der Waals surface area contributed by atoms with Gasteiger partial charge in [0, 0.05) is 43.9 Å². The van der Waals surface area contributed by atoms with Gasteiger partial charge < -0.3 is 31.1 Å². The Morgan fingerprint density at radius 2 is 1.78 bits per heavy atom. The van der Waals surface area contributed by atoms with Crippen LogP contribution in [0.4, 0.5) is 5.69 Å². The number of aliphatic hydroxyl groups is 3. The molecule has 1 amide bonds. The monoisotopic (exact) mass is 570 g/mol. The second kappa shape index (κ2) is 10.8. The summed E-state index contributed by atoms with van der Waals surface area (Å²) in [7, 11) is 6.93. The molecule has 41 heavy (non-hydrogen) atoms. The Morgan fingerprint density at radius 3 is 2.29 bits per heavy atom. The molecule has 0 spiro atoms. The van der Waals surface area contributed by atoms with Gasteiger partial charge in [0.15, 0.2) is 11.4 Å². The Morgan fingerprint density at radius 1 is 1.15 bits per heavy atom. The van der Waals surface area contributed by atoms with Crippen LogP contribution in [-0.2, 0) is 27.3 Å². The molecule has 11 nitrogen and oxygen atoms in total. The average molecular weight is 571 g/mol. The molecule has 0 heterocycles. The number of nitrogens with two attached hydrogens (primary N) is 1. The van der Waals surface area contributed by atoms with Crippen molar-refractivity contribution in [2.45, 2.75) is 64.3 Å². The van der Waals surface area contributed by atoms with Gasteiger partial charge in [-0.1, -0.05) is 13.8 Å². The maximum Gasteiger partial charge on any atom is 0.255 e. The standard InChI is InChI=1S/C30H42N4O7/c1-8-14(3)34(9-2)13-16-12-19(35)21-17(23(16)32(4)5)10-15-11-18-24(33(6)7)26(37)22(29(31)40)28(39)30(18,41)27(38)20(15)25(21)36/h12,14-15,18,24,35-36,39,41H,8-11,13H2,1-7H3,(H2,31,40)/t14?,15-,18-,24-,30-/m0/s1. The third-order valence-electron chi connectivity index (χ3n) is 9.21. The van der Waals surface area contributed by atoms with Crippen molar-refractivity contribution < 1.29 is 34.8 Å². The van der Waals surface area contributed by atoms with Gasteiger partial charge in [-0.2, -0.15) is 0 Å². The number of aromatic hydroxyl groups is 1. The van der Waals surface area contributed by atoms with Gasteiger partial charge in [0.1, 0.15) is 22.8 Å². The van der Waals surface area contributed by atoms with E-state index in [1.807, 2.05) is 19.0 Å². The number of hydrogen-bond acceptors (Lipinski definition) is 10. The molecule has 3 aliphatic rings. The molecule has 1 saturated carbocycles. The highest BCUT2D eigenvalue weighted by atomic mass is 16.3. The number of nitrogens with zero attached hydrogens (tertiary/aromatic N) is 3. The molecule has 0 bridgehead atoms. The normalized spacial score (nSPS) is 26.7. The van der Waals surface area contributed by atoms with Crippen LogP contribution < -0.4 is 10.6 Å². The number of amides is 1. The molecule has 5 atom stereocenters. The lowest BCUT2D eigenvalue weighted by Gasteiger charge is -2.50. The molecule has 3 aliphatic carbocycles. The largest absolute Gasteiger partial charge is 0.508 e. The maximum atomic E-state index is 14.0. The van der Waals surface area contributed by atoms with E-state index < -0.39 is 58.0 Å². The van der Waals surface area contributed by atoms with Crippen molar-refractivity contribution >= 4 is 28.9 Å². The van der Waals surface area contributed by atoms with E-state index in [9.17, 15) is 34.8 Å². The summed E-state index contributed by atoms with van der Waals surface area (Å²) in [6.45, 7) is 7.71. The molecule has 1 unspecified atom stereocenters. The fourth-order valence-corrected chi connectivity index (χ4v) is 7.10. The van der Waals surface area contributed by atoms with Crippen LogP contribution in [0.15, 0.2) is 23.0 Å². The SMILES string of the molecule is CCC(C)N(CC)Cc1cc(O)c2c(c1N(C)C)C[C@H]1C[C@H]3[C@H](N(C)C)C(=O)C(C(N)=O)=C(O)[C@@]3(O)C(=O)C1=C2O. The summed E-state index contributed by atoms with van der Waals surface area (Å²) in [5, 5.41) is 45.5. The fraction of sp³-hybridized carbons (Fsp3) is 0.567. The number of phenolic OH excluding ortho intramolecular Hbond substituents is 1. The van der Waals surface area contributed by atoms with E-state index in [4.69, 9.17) is 5.73 Å². The zero-order chi connectivity index (χ0) is 30.7. The van der Waals surface area contributed by atoms with E-state index in [0.29, 0.717) is 18.2 Å². The molecule has 0 saturated heterocycles. The predicted molar refractivity (Wildman–Crippen MR) is 154 cm³/mol. The van der Waals surface area contributed by atoms with Crippen LogP contribution in [0, 0.1) is 11.8 Å². The van der Waals surface area contributed by atoms with Crippen molar-refractivity contribution in [2.75, 3.05) is 39.6 Å². The van der Waals surface area contributed by atoms with Crippen molar-refractivity contribution in [1.82, 2.24) is 9.80 Å². The highest BCUT2D eigenvalue weighted by molar-refractivity contribution is 6.24. The van der Waals surface area contributed by atoms with Crippen molar-refractivity contribution in [3.05, 3.63) is 39.7 Å². The predicted octanol–water partition coefficient (Wildman–Crippen LogP) is 1.65. The number of rotatable bonds is 8. The lowest BCUT2D eigenvalue weighted by Crippen LogP contribution is -2.65. The van der Waals surface area contributed by atoms with Gasteiger partial charge in [0.05, 0.1) is 11.6 Å². The first kappa shape index (κ1) is 30.5. The van der Waals surface area contributed by atoms with E-state index >= 15 is 0 Å². The zero-order valence-electron chi connectivity index (χ0n) is 24.9. The summed E-state index contributed by atoms with van der Waals surface area (Å²) in [6, 6.07) is 0.791. The summed E-state index contributed by atoms with van der Waals surface area (Å²) in [6.07, 6.45) is 1.25. The molecule has 11 heteroatoms. The van der Waals surface area contributed by atoms with Crippen LogP contribution in [0.1, 0.15) is 50.3 Å². The minimum Gasteiger partial charge on any atom is -0.508 e. The molecular formula is C30H42N4O7. The number of benzene rings is 1. The first-order valence-corrected chi connectivity index (χ1v) is 14.1. The fourth-order valence-electron chi connectivity index (χ4n) is 7.10. The summed E-state index contributed by atoms with van der Waals surface area (Å²) in [4.78, 5) is 45.2. The number of carbonyl (C=O) groups is 3. The van der Waals surface area contributed by atoms with Gasteiger partial charge in [-0.3, -0.25) is 24.2 Å². The summed E-state index contributed by atoms with van der Waals surface area (Å²) in [5.74, 6) is -6.54. The van der Waals surface area contributed by atoms with Crippen molar-refractivity contribution in [2.24, 2.45) is 17.6 Å². The Balaban J connectivity index is 1.94. The number of hydrogen-bond donors (Lipinski definition) is 5. The molecule has 224 valence electrons. The van der Waals surface area contributed by atoms with Crippen molar-refractivity contribution in [3.8, 4) is 5.75 Å². The quantitative estimate of drug-likeness (QED) is 0.290. The third-order valence-corrected chi connectivity index (χ3v) is 9.21. The number of fused-ring (bicyclic) bond motifs is 3. The second-order valence-corrected chi connectivity index (χ2v) is 11.9. The van der Waals surface area contributed by atoms with E-state index in [-0.39, 0.29) is 29.7 Å². The Hall–Kier alpha value is -3.41. The summed E-state index contributed by atoms with van der Waals surface area (Å²) < 4.78 is 0. The zero-order valence-corrected chi connectivity index (χ0v) is 24.9. The number of anilines is 1. The minimum absolute atomic E-state index is 0.0531. The van der Waals surface area contributed by atoms with Crippen LogP contribution in [0.2, 0.25) is 0 Å². The topological polar surface area (TPSA) is 168 Å². The third kappa shape index (κ3) is 4.50. The van der Waals surface area contributed by atoms with Gasteiger partial charge in [-0.15, -0.1) is 0 Å². The van der Waals surface area contributed by atoms with Crippen LogP contribution in [0.5, 0.6) is 5.75 Å². The van der Waals surface area contributed by atoms with E-state index in [1.54, 1.807) is 20.2 Å². The number of aliphatic hydroxyl groups excluding tert-OH is 2. The van der Waals surface area contributed by atoms with E-state index in [2.05, 4.69) is 25.7 Å². The van der Waals surface area contributed by atoms with Gasteiger partial charge in [-0.25, -0.2) is 0 Å². The molecule has 0 aliphatic heterocycles. The maximum absolute atomic E-state index is 14.0. The highest BCUT2D eigenvalue weighted by Crippen LogP contribution is 2.54. The van der Waals surface area contributed by atoms with Crippen molar-refractivity contribution in [1.29, 1.82) is 0 Å². The molecule has 1 fully saturated rings. The molecule has 0 radical (unpaired) electrons. The Kier molecular flexibility index (Phi) is 8.03. The molecule has 1 aromatic rings. The van der Waals surface area contributed by atoms with Crippen LogP contribution in [-0.4, -0.2) is 100 Å². The molecular weight excluding hydrogens is 528 g/mol. The van der Waals surface area contributed by atoms with Crippen LogP contribution in [0.3, 0.4) is 0 Å². The number of likely N-dealkylation sites (N-methyl/N-ethyl adjacent to an activating group) is 1. The highest BCUT2D eigenvalue weighted by Gasteiger charge is 2.64. The van der Waals surface area contributed by atoms with Gasteiger partial charge >= 0.3 is 0 Å². The number of ketones is 2. The number of primary amides is 1. The number of Topliss-reactive ketones (excluding diaryl/α,β-unsaturated/α-hetero) is 2. The van der Waals surface area contributed by atoms with Gasteiger partial charge in [0.2, 0.25) is 5.78 Å². The lowest BCUT2D eigenvalue weighted by molar-refractivity contribution is -0.153. The number of carbonyl (C=O) groups excluding carboxylic acids is 3. The van der Waals surface area contributed by atoms with Crippen LogP contribution >= 0.6 is 0 Å². The summed E-state index contributed by atoms with van der Waals surface area (Å²) >= 11 is 0. The first-order chi connectivity index (χ1) is 19.1. The molecule has 6 N–H and O–H groups in total. The van der Waals surface area contributed by atoms with Crippen LogP contribution in [0.25, 0.3) is 5.76 Å². The average Bonchev–Trinajstić information content (AvgIpc) is 2.88. The first-order valence-electron chi connectivity index (χ1n) is 14.1. The Labute approximate surface area is 240 Å². The molecule has 1 aromatic carbocycles. The van der Waals surface area contributed by atoms with Crippen molar-refractivity contribution in [3.63, 3.8) is 0 Å². The van der Waals surface area contributed by atoms with Gasteiger partial charge in [-0.05, 0) is 69.9 Å². The number of phenols is 1. The molecule has 0 aromatic heterocycles. The van der Waals surface area contributed by atoms with E-state index in [0.717, 1.165) is 24.2 Å². The second-order valence-electron chi connectivity index (χ2n) is 11.9. The molecule has 4 rings (SSSR count). The minimum atomic E-state index is -2.65. The summed E-state index contributed by atoms with van der Waals surface area (Å²) in [5.41, 5.74) is 4.21. The Bertz CT molecular complexity index is 1360. The van der Waals surface area contributed by atoms with E-state index in [1.165, 1.54) is 4.90 Å². The smallest absolute Gasteiger partial charge is 0.255 e. The van der Waals surface area contributed by atoms with Gasteiger partial charge in [0.25, 0.3) is 5.91 Å².